The van der Waals surface area contributed by atoms with E-state index in [-0.39, 0.29) is 0 Å². The van der Waals surface area contributed by atoms with Crippen molar-refractivity contribution in [2.75, 3.05) is 0 Å². The summed E-state index contributed by atoms with van der Waals surface area (Å²) in [4.78, 5) is 11.2. The van der Waals surface area contributed by atoms with Crippen LogP contribution in [0.5, 0.6) is 0 Å². The molecule has 0 saturated carbocycles. The Bertz CT molecular complexity index is 485. The van der Waals surface area contributed by atoms with Gasteiger partial charge in [-0.25, -0.2) is 0 Å². The molecule has 0 aliphatic carbocycles. The first-order valence-corrected chi connectivity index (χ1v) is 5.06. The lowest BCUT2D eigenvalue weighted by atomic mass is 9.80. The van der Waals surface area contributed by atoms with Gasteiger partial charge in [0.25, 0.3) is 0 Å². The summed E-state index contributed by atoms with van der Waals surface area (Å²) in [5.41, 5.74) is 2.05. The molecule has 0 spiro atoms. The van der Waals surface area contributed by atoms with Crippen molar-refractivity contribution in [2.45, 2.75) is 33.1 Å². The van der Waals surface area contributed by atoms with Crippen molar-refractivity contribution in [3.8, 4) is 6.07 Å². The standard InChI is InChI=1S/C13H15NO2/c1-8-5-10(3)11(6-9(8)2)13(4,7-14)12(15)16/h5-6H,1-4H3,(H,15,16). The van der Waals surface area contributed by atoms with Crippen molar-refractivity contribution < 1.29 is 9.90 Å². The number of rotatable bonds is 2. The minimum absolute atomic E-state index is 0.575. The molecule has 1 aromatic rings. The molecule has 16 heavy (non-hydrogen) atoms. The Labute approximate surface area is 95.3 Å². The van der Waals surface area contributed by atoms with E-state index in [1.165, 1.54) is 6.92 Å². The SMILES string of the molecule is Cc1cc(C)c(C(C)(C#N)C(=O)O)cc1C. The Hall–Kier alpha value is -1.82. The van der Waals surface area contributed by atoms with Crippen molar-refractivity contribution in [1.82, 2.24) is 0 Å². The molecule has 0 aliphatic heterocycles. The van der Waals surface area contributed by atoms with Crippen molar-refractivity contribution in [3.05, 3.63) is 34.4 Å². The van der Waals surface area contributed by atoms with E-state index in [0.717, 1.165) is 16.7 Å². The first kappa shape index (κ1) is 12.3. The first-order valence-electron chi connectivity index (χ1n) is 5.06. The molecule has 0 radical (unpaired) electrons. The molecule has 0 bridgehead atoms. The lowest BCUT2D eigenvalue weighted by molar-refractivity contribution is -0.141. The Morgan fingerprint density at radius 1 is 1.25 bits per heavy atom. The van der Waals surface area contributed by atoms with Crippen molar-refractivity contribution >= 4 is 5.97 Å². The number of benzene rings is 1. The minimum atomic E-state index is -1.47. The van der Waals surface area contributed by atoms with Crippen LogP contribution in [0.25, 0.3) is 0 Å². The summed E-state index contributed by atoms with van der Waals surface area (Å²) in [5, 5.41) is 18.2. The number of carbonyl (C=O) groups is 1. The molecule has 0 fully saturated rings. The maximum absolute atomic E-state index is 11.2. The molecule has 1 unspecified atom stereocenters. The third kappa shape index (κ3) is 1.79. The maximum Gasteiger partial charge on any atom is 0.328 e. The van der Waals surface area contributed by atoms with Gasteiger partial charge in [-0.2, -0.15) is 5.26 Å². The van der Waals surface area contributed by atoms with E-state index in [1.807, 2.05) is 32.9 Å². The number of nitrogens with zero attached hydrogens (tertiary/aromatic N) is 1. The van der Waals surface area contributed by atoms with Gasteiger partial charge in [-0.15, -0.1) is 0 Å². The molecule has 0 aliphatic rings. The Morgan fingerprint density at radius 2 is 1.75 bits per heavy atom. The second-order valence-corrected chi connectivity index (χ2v) is 4.29. The lowest BCUT2D eigenvalue weighted by Crippen LogP contribution is -2.31. The van der Waals surface area contributed by atoms with Gasteiger partial charge in [0.05, 0.1) is 6.07 Å². The Kier molecular flexibility index (Phi) is 3.04. The van der Waals surface area contributed by atoms with E-state index in [9.17, 15) is 4.79 Å². The Morgan fingerprint density at radius 3 is 2.19 bits per heavy atom. The molecule has 84 valence electrons. The van der Waals surface area contributed by atoms with E-state index in [2.05, 4.69) is 0 Å². The molecule has 0 aromatic heterocycles. The van der Waals surface area contributed by atoms with E-state index >= 15 is 0 Å². The first-order chi connectivity index (χ1) is 7.32. The Balaban J connectivity index is 3.50. The van der Waals surface area contributed by atoms with Gasteiger partial charge in [-0.05, 0) is 49.9 Å². The highest BCUT2D eigenvalue weighted by Crippen LogP contribution is 2.28. The second kappa shape index (κ2) is 3.97. The molecule has 0 saturated heterocycles. The summed E-state index contributed by atoms with van der Waals surface area (Å²) in [6.45, 7) is 7.15. The zero-order chi connectivity index (χ0) is 12.5. The van der Waals surface area contributed by atoms with Crippen LogP contribution in [0.15, 0.2) is 12.1 Å². The van der Waals surface area contributed by atoms with E-state index in [4.69, 9.17) is 10.4 Å². The van der Waals surface area contributed by atoms with E-state index < -0.39 is 11.4 Å². The fourth-order valence-electron chi connectivity index (χ4n) is 1.72. The third-order valence-corrected chi connectivity index (χ3v) is 3.03. The van der Waals surface area contributed by atoms with Crippen molar-refractivity contribution in [2.24, 2.45) is 0 Å². The molecule has 1 atom stereocenters. The molecule has 0 amide bonds. The molecule has 0 heterocycles. The number of hydrogen-bond donors (Lipinski definition) is 1. The van der Waals surface area contributed by atoms with Crippen molar-refractivity contribution in [3.63, 3.8) is 0 Å². The van der Waals surface area contributed by atoms with Gasteiger partial charge in [-0.3, -0.25) is 4.79 Å². The van der Waals surface area contributed by atoms with Gasteiger partial charge in [0, 0.05) is 0 Å². The maximum atomic E-state index is 11.2. The lowest BCUT2D eigenvalue weighted by Gasteiger charge is -2.20. The normalized spacial score (nSPS) is 13.9. The van der Waals surface area contributed by atoms with Crippen LogP contribution in [0.4, 0.5) is 0 Å². The van der Waals surface area contributed by atoms with Crippen molar-refractivity contribution in [1.29, 1.82) is 5.26 Å². The fourth-order valence-corrected chi connectivity index (χ4v) is 1.72. The monoisotopic (exact) mass is 217 g/mol. The smallest absolute Gasteiger partial charge is 0.328 e. The number of hydrogen-bond acceptors (Lipinski definition) is 2. The van der Waals surface area contributed by atoms with Gasteiger partial charge in [-0.1, -0.05) is 12.1 Å². The van der Waals surface area contributed by atoms with Crippen LogP contribution < -0.4 is 0 Å². The van der Waals surface area contributed by atoms with Crippen LogP contribution in [0.3, 0.4) is 0 Å². The molecule has 1 aromatic carbocycles. The van der Waals surface area contributed by atoms with Gasteiger partial charge < -0.3 is 5.11 Å². The summed E-state index contributed by atoms with van der Waals surface area (Å²) in [6, 6.07) is 5.60. The fraction of sp³-hybridized carbons (Fsp3) is 0.385. The highest BCUT2D eigenvalue weighted by molar-refractivity contribution is 5.85. The van der Waals surface area contributed by atoms with Crippen LogP contribution in [0.1, 0.15) is 29.2 Å². The number of aryl methyl sites for hydroxylation is 3. The van der Waals surface area contributed by atoms with E-state index in [0.29, 0.717) is 5.56 Å². The summed E-state index contributed by atoms with van der Waals surface area (Å²) >= 11 is 0. The number of carboxylic acid groups (broad SMARTS) is 1. The van der Waals surface area contributed by atoms with Gasteiger partial charge in [0.2, 0.25) is 0 Å². The van der Waals surface area contributed by atoms with Gasteiger partial charge >= 0.3 is 5.97 Å². The van der Waals surface area contributed by atoms with Gasteiger partial charge in [0.15, 0.2) is 5.41 Å². The average molecular weight is 217 g/mol. The predicted octanol–water partition coefficient (Wildman–Crippen LogP) is 2.48. The van der Waals surface area contributed by atoms with E-state index in [1.54, 1.807) is 6.07 Å². The quantitative estimate of drug-likeness (QED) is 0.827. The second-order valence-electron chi connectivity index (χ2n) is 4.29. The summed E-state index contributed by atoms with van der Waals surface area (Å²) in [5.74, 6) is -1.11. The number of carboxylic acids is 1. The average Bonchev–Trinajstić information content (AvgIpc) is 2.22. The molecular formula is C13H15NO2. The largest absolute Gasteiger partial charge is 0.480 e. The summed E-state index contributed by atoms with van der Waals surface area (Å²) in [7, 11) is 0. The predicted molar refractivity (Wildman–Crippen MR) is 61.3 cm³/mol. The van der Waals surface area contributed by atoms with Crippen LogP contribution in [-0.2, 0) is 10.2 Å². The molecule has 1 N–H and O–H groups in total. The number of aliphatic carboxylic acids is 1. The zero-order valence-corrected chi connectivity index (χ0v) is 9.96. The number of nitriles is 1. The highest BCUT2D eigenvalue weighted by Gasteiger charge is 2.36. The van der Waals surface area contributed by atoms with Crippen LogP contribution >= 0.6 is 0 Å². The van der Waals surface area contributed by atoms with Crippen LogP contribution in [0, 0.1) is 32.1 Å². The molecule has 3 heteroatoms. The summed E-state index contributed by atoms with van der Waals surface area (Å²) in [6.07, 6.45) is 0. The third-order valence-electron chi connectivity index (χ3n) is 3.03. The minimum Gasteiger partial charge on any atom is -0.480 e. The zero-order valence-electron chi connectivity index (χ0n) is 9.96. The molecular weight excluding hydrogens is 202 g/mol. The molecule has 3 nitrogen and oxygen atoms in total. The van der Waals surface area contributed by atoms with Crippen LogP contribution in [-0.4, -0.2) is 11.1 Å². The van der Waals surface area contributed by atoms with Gasteiger partial charge in [0.1, 0.15) is 0 Å². The molecule has 1 rings (SSSR count). The summed E-state index contributed by atoms with van der Waals surface area (Å²) < 4.78 is 0. The van der Waals surface area contributed by atoms with Crippen LogP contribution in [0.2, 0.25) is 0 Å². The topological polar surface area (TPSA) is 61.1 Å². The highest BCUT2D eigenvalue weighted by atomic mass is 16.4.